The van der Waals surface area contributed by atoms with Crippen LogP contribution in [-0.2, 0) is 11.2 Å². The maximum atomic E-state index is 12.4. The number of hydrogen-bond acceptors (Lipinski definition) is 7. The Morgan fingerprint density at radius 1 is 1.25 bits per heavy atom. The van der Waals surface area contributed by atoms with Crippen LogP contribution in [0.1, 0.15) is 51.3 Å². The second-order valence-electron chi connectivity index (χ2n) is 9.47. The molecular formula is C24H33N3O4S. The van der Waals surface area contributed by atoms with Crippen LogP contribution in [0.2, 0.25) is 0 Å². The van der Waals surface area contributed by atoms with Gasteiger partial charge in [-0.05, 0) is 58.6 Å². The van der Waals surface area contributed by atoms with E-state index in [-0.39, 0.29) is 12.1 Å². The highest BCUT2D eigenvalue weighted by Gasteiger charge is 2.30. The zero-order chi connectivity index (χ0) is 22.9. The highest BCUT2D eigenvalue weighted by molar-refractivity contribution is 7.16. The predicted octanol–water partition coefficient (Wildman–Crippen LogP) is 5.34. The lowest BCUT2D eigenvalue weighted by atomic mass is 9.90. The number of methoxy groups -OCH3 is 1. The predicted molar refractivity (Wildman–Crippen MR) is 127 cm³/mol. The summed E-state index contributed by atoms with van der Waals surface area (Å²) in [5, 5.41) is 4.60. The Bertz CT molecular complexity index is 961. The van der Waals surface area contributed by atoms with Crippen LogP contribution in [0.5, 0.6) is 11.5 Å². The summed E-state index contributed by atoms with van der Waals surface area (Å²) in [6.07, 6.45) is 4.48. The Morgan fingerprint density at radius 2 is 2.00 bits per heavy atom. The molecule has 1 amide bonds. The summed E-state index contributed by atoms with van der Waals surface area (Å²) in [6.45, 7) is 6.31. The van der Waals surface area contributed by atoms with Crippen molar-refractivity contribution in [2.24, 2.45) is 0 Å². The van der Waals surface area contributed by atoms with Crippen LogP contribution in [0.4, 0.5) is 9.93 Å². The molecule has 1 aromatic carbocycles. The average Bonchev–Trinajstić information content (AvgIpc) is 3.06. The lowest BCUT2D eigenvalue weighted by Crippen LogP contribution is -2.43. The second kappa shape index (κ2) is 9.17. The molecule has 0 saturated heterocycles. The van der Waals surface area contributed by atoms with Gasteiger partial charge in [-0.25, -0.2) is 9.78 Å². The second-order valence-corrected chi connectivity index (χ2v) is 10.6. The van der Waals surface area contributed by atoms with Gasteiger partial charge in [0.15, 0.2) is 16.6 Å². The summed E-state index contributed by atoms with van der Waals surface area (Å²) >= 11 is 1.71. The third-order valence-electron chi connectivity index (χ3n) is 5.98. The molecular weight excluding hydrogens is 426 g/mol. The van der Waals surface area contributed by atoms with E-state index in [1.807, 2.05) is 46.0 Å². The van der Waals surface area contributed by atoms with Crippen molar-refractivity contribution in [2.75, 3.05) is 26.1 Å². The third-order valence-corrected chi connectivity index (χ3v) is 7.03. The minimum Gasteiger partial charge on any atom is -0.493 e. The van der Waals surface area contributed by atoms with Crippen molar-refractivity contribution in [2.45, 2.75) is 70.6 Å². The number of fused-ring (bicyclic) bond motifs is 3. The average molecular weight is 460 g/mol. The van der Waals surface area contributed by atoms with Crippen molar-refractivity contribution in [1.29, 1.82) is 0 Å². The SMILES string of the molecule is COc1cccc2c1OCCc1sc(NC3CCC(N(C)C(=O)OC(C)(C)C)CC3)nc1-2. The fraction of sp³-hybridized carbons (Fsp3) is 0.583. The molecule has 1 aromatic heterocycles. The van der Waals surface area contributed by atoms with Gasteiger partial charge in [-0.2, -0.15) is 0 Å². The molecule has 2 aliphatic rings. The zero-order valence-corrected chi connectivity index (χ0v) is 20.4. The van der Waals surface area contributed by atoms with Crippen molar-refractivity contribution in [1.82, 2.24) is 9.88 Å². The molecule has 1 aliphatic heterocycles. The van der Waals surface area contributed by atoms with Crippen LogP contribution in [0.15, 0.2) is 18.2 Å². The van der Waals surface area contributed by atoms with Gasteiger partial charge in [-0.3, -0.25) is 0 Å². The molecule has 1 saturated carbocycles. The largest absolute Gasteiger partial charge is 0.493 e. The summed E-state index contributed by atoms with van der Waals surface area (Å²) in [7, 11) is 3.51. The molecule has 7 nitrogen and oxygen atoms in total. The summed E-state index contributed by atoms with van der Waals surface area (Å²) < 4.78 is 17.0. The summed E-state index contributed by atoms with van der Waals surface area (Å²) in [5.41, 5.74) is 1.51. The van der Waals surface area contributed by atoms with Gasteiger partial charge in [-0.15, -0.1) is 11.3 Å². The first-order valence-electron chi connectivity index (χ1n) is 11.3. The number of ether oxygens (including phenoxy) is 3. The van der Waals surface area contributed by atoms with Crippen LogP contribution in [0.3, 0.4) is 0 Å². The number of carbonyl (C=O) groups excluding carboxylic acids is 1. The highest BCUT2D eigenvalue weighted by atomic mass is 32.1. The number of thiazole rings is 1. The summed E-state index contributed by atoms with van der Waals surface area (Å²) in [5.74, 6) is 1.52. The van der Waals surface area contributed by atoms with E-state index in [1.165, 1.54) is 4.88 Å². The summed E-state index contributed by atoms with van der Waals surface area (Å²) in [6, 6.07) is 6.51. The quantitative estimate of drug-likeness (QED) is 0.665. The lowest BCUT2D eigenvalue weighted by molar-refractivity contribution is 0.0185. The van der Waals surface area contributed by atoms with Crippen molar-refractivity contribution in [3.05, 3.63) is 23.1 Å². The number of rotatable bonds is 4. The number of nitrogens with zero attached hydrogens (tertiary/aromatic N) is 2. The van der Waals surface area contributed by atoms with Gasteiger partial charge in [0.2, 0.25) is 0 Å². The molecule has 0 unspecified atom stereocenters. The number of anilines is 1. The van der Waals surface area contributed by atoms with Crippen molar-refractivity contribution >= 4 is 22.6 Å². The van der Waals surface area contributed by atoms with Crippen LogP contribution in [0.25, 0.3) is 11.3 Å². The minimum absolute atomic E-state index is 0.215. The first-order chi connectivity index (χ1) is 15.2. The van der Waals surface area contributed by atoms with E-state index in [0.717, 1.165) is 60.0 Å². The molecule has 4 rings (SSSR count). The lowest BCUT2D eigenvalue weighted by Gasteiger charge is -2.35. The van der Waals surface area contributed by atoms with Gasteiger partial charge in [-0.1, -0.05) is 6.07 Å². The smallest absolute Gasteiger partial charge is 0.410 e. The topological polar surface area (TPSA) is 72.9 Å². The fourth-order valence-corrected chi connectivity index (χ4v) is 5.35. The number of hydrogen-bond donors (Lipinski definition) is 1. The molecule has 0 bridgehead atoms. The Labute approximate surface area is 194 Å². The number of benzene rings is 1. The van der Waals surface area contributed by atoms with Crippen LogP contribution in [0, 0.1) is 0 Å². The van der Waals surface area contributed by atoms with E-state index in [4.69, 9.17) is 19.2 Å². The maximum absolute atomic E-state index is 12.4. The standard InChI is InChI=1S/C24H33N3O4S/c1-24(2,3)31-23(28)27(4)16-11-9-15(10-12-16)25-22-26-20-17-7-6-8-18(29-5)21(17)30-14-13-19(20)32-22/h6-8,15-16H,9-14H2,1-5H3,(H,25,26). The van der Waals surface area contributed by atoms with Crippen molar-refractivity contribution < 1.29 is 19.0 Å². The van der Waals surface area contributed by atoms with E-state index < -0.39 is 5.60 Å². The van der Waals surface area contributed by atoms with E-state index in [9.17, 15) is 4.79 Å². The molecule has 174 valence electrons. The number of aromatic nitrogens is 1. The Kier molecular flexibility index (Phi) is 6.51. The molecule has 1 N–H and O–H groups in total. The number of nitrogens with one attached hydrogen (secondary N) is 1. The molecule has 1 fully saturated rings. The Balaban J connectivity index is 1.40. The molecule has 2 aromatic rings. The number of amides is 1. The third kappa shape index (κ3) is 4.95. The van der Waals surface area contributed by atoms with Gasteiger partial charge < -0.3 is 24.4 Å². The molecule has 2 heterocycles. The van der Waals surface area contributed by atoms with Gasteiger partial charge in [0.1, 0.15) is 5.60 Å². The van der Waals surface area contributed by atoms with E-state index in [0.29, 0.717) is 12.6 Å². The first kappa shape index (κ1) is 22.7. The molecule has 0 atom stereocenters. The molecule has 8 heteroatoms. The van der Waals surface area contributed by atoms with Gasteiger partial charge >= 0.3 is 6.09 Å². The maximum Gasteiger partial charge on any atom is 0.410 e. The van der Waals surface area contributed by atoms with Crippen LogP contribution in [-0.4, -0.2) is 54.4 Å². The zero-order valence-electron chi connectivity index (χ0n) is 19.6. The van der Waals surface area contributed by atoms with E-state index in [2.05, 4.69) is 5.32 Å². The first-order valence-corrected chi connectivity index (χ1v) is 12.1. The van der Waals surface area contributed by atoms with Gasteiger partial charge in [0.05, 0.1) is 19.4 Å². The van der Waals surface area contributed by atoms with E-state index in [1.54, 1.807) is 23.3 Å². The number of para-hydroxylation sites is 1. The minimum atomic E-state index is -0.472. The van der Waals surface area contributed by atoms with Gasteiger partial charge in [0.25, 0.3) is 0 Å². The van der Waals surface area contributed by atoms with Crippen LogP contribution >= 0.6 is 11.3 Å². The van der Waals surface area contributed by atoms with Gasteiger partial charge in [0, 0.05) is 36.0 Å². The molecule has 0 spiro atoms. The molecule has 32 heavy (non-hydrogen) atoms. The van der Waals surface area contributed by atoms with Crippen LogP contribution < -0.4 is 14.8 Å². The highest BCUT2D eigenvalue weighted by Crippen LogP contribution is 2.43. The Hall–Kier alpha value is -2.48. The normalized spacial score (nSPS) is 20.3. The molecule has 0 radical (unpaired) electrons. The number of carbonyl (C=O) groups is 1. The van der Waals surface area contributed by atoms with Crippen molar-refractivity contribution in [3.63, 3.8) is 0 Å². The fourth-order valence-electron chi connectivity index (χ4n) is 4.32. The monoisotopic (exact) mass is 459 g/mol. The Morgan fingerprint density at radius 3 is 2.69 bits per heavy atom. The van der Waals surface area contributed by atoms with E-state index >= 15 is 0 Å². The van der Waals surface area contributed by atoms with Crippen molar-refractivity contribution in [3.8, 4) is 22.8 Å². The summed E-state index contributed by atoms with van der Waals surface area (Å²) in [4.78, 5) is 20.3. The molecule has 1 aliphatic carbocycles.